The summed E-state index contributed by atoms with van der Waals surface area (Å²) in [6.07, 6.45) is 3.99. The fourth-order valence-electron chi connectivity index (χ4n) is 2.83. The summed E-state index contributed by atoms with van der Waals surface area (Å²) < 4.78 is 5.82. The van der Waals surface area contributed by atoms with Crippen LogP contribution < -0.4 is 15.0 Å². The molecule has 0 unspecified atom stereocenters. The van der Waals surface area contributed by atoms with Gasteiger partial charge in [0.2, 0.25) is 5.95 Å². The van der Waals surface area contributed by atoms with Crippen molar-refractivity contribution in [1.29, 1.82) is 0 Å². The Labute approximate surface area is 161 Å². The highest BCUT2D eigenvalue weighted by molar-refractivity contribution is 5.56. The largest absolute Gasteiger partial charge is 0.457 e. The molecule has 140 valence electrons. The lowest BCUT2D eigenvalue weighted by molar-refractivity contribution is 0.483. The molecule has 5 heteroatoms. The zero-order chi connectivity index (χ0) is 18.9. The summed E-state index contributed by atoms with van der Waals surface area (Å²) in [5, 5.41) is 3.27. The summed E-state index contributed by atoms with van der Waals surface area (Å²) in [7, 11) is 0. The van der Waals surface area contributed by atoms with Crippen molar-refractivity contribution in [1.82, 2.24) is 9.97 Å². The second-order valence-electron chi connectivity index (χ2n) is 6.29. The summed E-state index contributed by atoms with van der Waals surface area (Å²) in [6.45, 7) is 6.36. The molecule has 1 heterocycles. The monoisotopic (exact) mass is 362 g/mol. The second kappa shape index (κ2) is 9.57. The molecule has 0 saturated carbocycles. The van der Waals surface area contributed by atoms with Crippen molar-refractivity contribution < 1.29 is 4.74 Å². The number of hydrogen-bond donors (Lipinski definition) is 1. The van der Waals surface area contributed by atoms with Crippen LogP contribution >= 0.6 is 0 Å². The Morgan fingerprint density at radius 1 is 0.852 bits per heavy atom. The summed E-state index contributed by atoms with van der Waals surface area (Å²) >= 11 is 0. The summed E-state index contributed by atoms with van der Waals surface area (Å²) in [5.74, 6) is 3.17. The average Bonchev–Trinajstić information content (AvgIpc) is 2.70. The third kappa shape index (κ3) is 5.45. The van der Waals surface area contributed by atoms with Gasteiger partial charge in [0, 0.05) is 25.0 Å². The van der Waals surface area contributed by atoms with Crippen LogP contribution in [-0.4, -0.2) is 23.1 Å². The number of nitrogens with zero attached hydrogens (tertiary/aromatic N) is 3. The fourth-order valence-corrected chi connectivity index (χ4v) is 2.83. The number of benzene rings is 2. The van der Waals surface area contributed by atoms with E-state index in [0.717, 1.165) is 48.9 Å². The van der Waals surface area contributed by atoms with E-state index in [1.165, 1.54) is 0 Å². The number of hydrogen-bond acceptors (Lipinski definition) is 5. The average molecular weight is 362 g/mol. The third-order valence-electron chi connectivity index (χ3n) is 4.04. The Kier molecular flexibility index (Phi) is 6.63. The molecule has 2 aromatic carbocycles. The van der Waals surface area contributed by atoms with E-state index in [4.69, 9.17) is 4.74 Å². The first-order valence-electron chi connectivity index (χ1n) is 9.46. The first-order chi connectivity index (χ1) is 13.3. The van der Waals surface area contributed by atoms with Gasteiger partial charge >= 0.3 is 0 Å². The molecule has 0 aliphatic heterocycles. The predicted octanol–water partition coefficient (Wildman–Crippen LogP) is 5.64. The van der Waals surface area contributed by atoms with Gasteiger partial charge in [0.05, 0.1) is 0 Å². The topological polar surface area (TPSA) is 50.3 Å². The van der Waals surface area contributed by atoms with Gasteiger partial charge in [-0.25, -0.2) is 4.98 Å². The smallest absolute Gasteiger partial charge is 0.229 e. The maximum absolute atomic E-state index is 5.82. The minimum atomic E-state index is 0.599. The molecular formula is C22H26N4O. The lowest BCUT2D eigenvalue weighted by Gasteiger charge is -2.22. The van der Waals surface area contributed by atoms with Crippen LogP contribution in [0.1, 0.15) is 26.7 Å². The van der Waals surface area contributed by atoms with E-state index in [0.29, 0.717) is 5.95 Å². The molecule has 0 fully saturated rings. The van der Waals surface area contributed by atoms with Gasteiger partial charge in [-0.05, 0) is 55.3 Å². The van der Waals surface area contributed by atoms with Crippen molar-refractivity contribution in [2.24, 2.45) is 0 Å². The van der Waals surface area contributed by atoms with Crippen molar-refractivity contribution in [3.05, 3.63) is 66.9 Å². The van der Waals surface area contributed by atoms with Crippen LogP contribution in [0.15, 0.2) is 66.9 Å². The highest BCUT2D eigenvalue weighted by Crippen LogP contribution is 2.24. The van der Waals surface area contributed by atoms with Crippen LogP contribution in [0, 0.1) is 0 Å². The predicted molar refractivity (Wildman–Crippen MR) is 111 cm³/mol. The molecule has 0 aliphatic rings. The van der Waals surface area contributed by atoms with Crippen LogP contribution in [0.5, 0.6) is 11.5 Å². The van der Waals surface area contributed by atoms with Gasteiger partial charge in [0.15, 0.2) is 0 Å². The highest BCUT2D eigenvalue weighted by Gasteiger charge is 2.08. The Morgan fingerprint density at radius 2 is 1.52 bits per heavy atom. The second-order valence-corrected chi connectivity index (χ2v) is 6.29. The molecule has 0 spiro atoms. The molecule has 3 rings (SSSR count). The first-order valence-corrected chi connectivity index (χ1v) is 9.46. The van der Waals surface area contributed by atoms with Crippen LogP contribution in [0.2, 0.25) is 0 Å². The molecule has 0 amide bonds. The number of rotatable bonds is 9. The summed E-state index contributed by atoms with van der Waals surface area (Å²) in [4.78, 5) is 11.3. The van der Waals surface area contributed by atoms with E-state index in [9.17, 15) is 0 Å². The van der Waals surface area contributed by atoms with Crippen LogP contribution in [0.25, 0.3) is 0 Å². The molecule has 0 atom stereocenters. The van der Waals surface area contributed by atoms with E-state index >= 15 is 0 Å². The molecule has 1 aromatic heterocycles. The van der Waals surface area contributed by atoms with Crippen molar-refractivity contribution >= 4 is 17.5 Å². The highest BCUT2D eigenvalue weighted by atomic mass is 16.5. The van der Waals surface area contributed by atoms with Crippen molar-refractivity contribution in [2.45, 2.75) is 26.7 Å². The number of ether oxygens (including phenoxy) is 1. The molecule has 3 aromatic rings. The minimum Gasteiger partial charge on any atom is -0.457 e. The number of aromatic nitrogens is 2. The van der Waals surface area contributed by atoms with Gasteiger partial charge in [-0.3, -0.25) is 0 Å². The van der Waals surface area contributed by atoms with Gasteiger partial charge < -0.3 is 15.0 Å². The molecule has 27 heavy (non-hydrogen) atoms. The van der Waals surface area contributed by atoms with E-state index < -0.39 is 0 Å². The van der Waals surface area contributed by atoms with Gasteiger partial charge in [0.1, 0.15) is 17.3 Å². The Morgan fingerprint density at radius 3 is 2.19 bits per heavy atom. The summed E-state index contributed by atoms with van der Waals surface area (Å²) in [5.41, 5.74) is 0.921. The number of nitrogens with one attached hydrogen (secondary N) is 1. The lowest BCUT2D eigenvalue weighted by Crippen LogP contribution is -2.26. The van der Waals surface area contributed by atoms with Crippen molar-refractivity contribution in [3.63, 3.8) is 0 Å². The fraction of sp³-hybridized carbons (Fsp3) is 0.273. The lowest BCUT2D eigenvalue weighted by atomic mass is 10.3. The third-order valence-corrected chi connectivity index (χ3v) is 4.04. The van der Waals surface area contributed by atoms with E-state index in [1.807, 2.05) is 60.7 Å². The van der Waals surface area contributed by atoms with Crippen LogP contribution in [0.3, 0.4) is 0 Å². The van der Waals surface area contributed by atoms with E-state index in [-0.39, 0.29) is 0 Å². The maximum Gasteiger partial charge on any atom is 0.229 e. The van der Waals surface area contributed by atoms with Crippen molar-refractivity contribution in [3.8, 4) is 11.5 Å². The van der Waals surface area contributed by atoms with E-state index in [2.05, 4.69) is 34.0 Å². The normalized spacial score (nSPS) is 10.4. The van der Waals surface area contributed by atoms with Gasteiger partial charge in [-0.2, -0.15) is 4.98 Å². The van der Waals surface area contributed by atoms with Gasteiger partial charge in [0.25, 0.3) is 0 Å². The Hall–Kier alpha value is -3.08. The Balaban J connectivity index is 1.67. The molecule has 0 bridgehead atoms. The minimum absolute atomic E-state index is 0.599. The molecule has 1 N–H and O–H groups in total. The zero-order valence-corrected chi connectivity index (χ0v) is 15.9. The number of para-hydroxylation sites is 1. The maximum atomic E-state index is 5.82. The van der Waals surface area contributed by atoms with Gasteiger partial charge in [-0.15, -0.1) is 0 Å². The molecule has 0 aliphatic carbocycles. The molecular weight excluding hydrogens is 336 g/mol. The molecule has 5 nitrogen and oxygen atoms in total. The van der Waals surface area contributed by atoms with Crippen LogP contribution in [0.4, 0.5) is 17.5 Å². The zero-order valence-electron chi connectivity index (χ0n) is 15.9. The number of anilines is 3. The van der Waals surface area contributed by atoms with E-state index in [1.54, 1.807) is 6.20 Å². The molecule has 0 radical (unpaired) electrons. The SMILES string of the molecule is CCCN(CCC)c1ccnc(Nc2ccc(Oc3ccccc3)cc2)n1. The summed E-state index contributed by atoms with van der Waals surface area (Å²) in [6, 6.07) is 19.5. The quantitative estimate of drug-likeness (QED) is 0.534. The van der Waals surface area contributed by atoms with Gasteiger partial charge in [-0.1, -0.05) is 32.0 Å². The van der Waals surface area contributed by atoms with Crippen LogP contribution in [-0.2, 0) is 0 Å². The molecule has 0 saturated heterocycles. The van der Waals surface area contributed by atoms with Crippen molar-refractivity contribution in [2.75, 3.05) is 23.3 Å². The standard InChI is InChI=1S/C22H26N4O/c1-3-16-26(17-4-2)21-14-15-23-22(25-21)24-18-10-12-20(13-11-18)27-19-8-6-5-7-9-19/h5-15H,3-4,16-17H2,1-2H3,(H,23,24,25). The Bertz CT molecular complexity index is 815. The first kappa shape index (κ1) is 18.7.